The number of nitrogens with two attached hydrogens (primary N) is 1. The third-order valence-corrected chi connectivity index (χ3v) is 4.75. The van der Waals surface area contributed by atoms with Gasteiger partial charge in [-0.1, -0.05) is 48.6 Å². The average molecular weight is 413 g/mol. The Hall–Kier alpha value is -2.36. The fourth-order valence-electron chi connectivity index (χ4n) is 1.89. The smallest absolute Gasteiger partial charge is 0.321 e. The summed E-state index contributed by atoms with van der Waals surface area (Å²) in [6.45, 7) is 0. The molecular weight excluding hydrogens is 386 g/mol. The third-order valence-electron chi connectivity index (χ3n) is 3.34. The Morgan fingerprint density at radius 3 is 2.11 bits per heavy atom. The molecule has 0 fully saturated rings. The van der Waals surface area contributed by atoms with Crippen molar-refractivity contribution in [1.82, 2.24) is 0 Å². The molecule has 0 aromatic heterocycles. The minimum Gasteiger partial charge on any atom is -0.481 e. The first-order valence-electron chi connectivity index (χ1n) is 8.62. The predicted molar refractivity (Wildman–Crippen MR) is 108 cm³/mol. The molecule has 3 atom stereocenters. The van der Waals surface area contributed by atoms with E-state index in [1.165, 1.54) is 17.8 Å². The molecule has 0 aliphatic carbocycles. The lowest BCUT2D eigenvalue weighted by molar-refractivity contribution is -0.138. The highest BCUT2D eigenvalue weighted by Crippen LogP contribution is 2.21. The van der Waals surface area contributed by atoms with Crippen molar-refractivity contribution in [1.29, 1.82) is 0 Å². The van der Waals surface area contributed by atoms with Crippen LogP contribution in [0.1, 0.15) is 25.7 Å². The zero-order valence-electron chi connectivity index (χ0n) is 15.4. The molecule has 9 heteroatoms. The summed E-state index contributed by atoms with van der Waals surface area (Å²) < 4.78 is 0. The van der Waals surface area contributed by atoms with Gasteiger partial charge in [-0.15, -0.1) is 11.8 Å². The zero-order chi connectivity index (χ0) is 21.4. The minimum atomic E-state index is -1.13. The Kier molecular flexibility index (Phi) is 14.4. The number of carboxylic acids is 3. The molecule has 0 radical (unpaired) electrons. The van der Waals surface area contributed by atoms with E-state index in [2.05, 4.69) is 0 Å². The van der Waals surface area contributed by atoms with E-state index in [-0.39, 0.29) is 25.0 Å². The molecule has 0 spiro atoms. The van der Waals surface area contributed by atoms with Gasteiger partial charge in [0.15, 0.2) is 0 Å². The van der Waals surface area contributed by atoms with Gasteiger partial charge in [0.1, 0.15) is 6.04 Å². The minimum absolute atomic E-state index is 0.0487. The van der Waals surface area contributed by atoms with E-state index in [0.29, 0.717) is 6.42 Å². The normalized spacial score (nSPS) is 15.5. The van der Waals surface area contributed by atoms with Crippen LogP contribution in [0, 0.1) is 0 Å². The zero-order valence-corrected chi connectivity index (χ0v) is 16.2. The van der Waals surface area contributed by atoms with Crippen LogP contribution in [0.4, 0.5) is 0 Å². The highest BCUT2D eigenvalue weighted by molar-refractivity contribution is 8.00. The van der Waals surface area contributed by atoms with Gasteiger partial charge < -0.3 is 26.2 Å². The molecule has 0 rings (SSSR count). The maximum Gasteiger partial charge on any atom is 0.321 e. The van der Waals surface area contributed by atoms with Gasteiger partial charge in [-0.05, 0) is 12.8 Å². The maximum atomic E-state index is 10.8. The molecule has 0 aromatic rings. The SMILES string of the molecule is NC(CSC(C=CC=CC=CC=CCC(=O)O)C(O)CCCC(=O)O)C(=O)O. The molecule has 0 saturated heterocycles. The van der Waals surface area contributed by atoms with Crippen molar-refractivity contribution in [2.45, 2.75) is 43.1 Å². The summed E-state index contributed by atoms with van der Waals surface area (Å²) in [5, 5.41) is 35.9. The molecular formula is C19H27NO7S. The average Bonchev–Trinajstić information content (AvgIpc) is 2.61. The molecule has 0 bridgehead atoms. The first-order chi connectivity index (χ1) is 13.2. The highest BCUT2D eigenvalue weighted by atomic mass is 32.2. The lowest BCUT2D eigenvalue weighted by Gasteiger charge is -2.20. The van der Waals surface area contributed by atoms with Crippen LogP contribution >= 0.6 is 11.8 Å². The quantitative estimate of drug-likeness (QED) is 0.252. The molecule has 0 heterocycles. The van der Waals surface area contributed by atoms with E-state index >= 15 is 0 Å². The van der Waals surface area contributed by atoms with Crippen molar-refractivity contribution in [3.05, 3.63) is 48.6 Å². The number of aliphatic carboxylic acids is 3. The molecule has 0 aliphatic heterocycles. The number of thioether (sulfide) groups is 1. The van der Waals surface area contributed by atoms with Crippen LogP contribution < -0.4 is 5.73 Å². The highest BCUT2D eigenvalue weighted by Gasteiger charge is 2.20. The van der Waals surface area contributed by atoms with Gasteiger partial charge >= 0.3 is 17.9 Å². The second-order valence-corrected chi connectivity index (χ2v) is 6.99. The summed E-state index contributed by atoms with van der Waals surface area (Å²) in [5.74, 6) is -2.86. The third kappa shape index (κ3) is 14.8. The topological polar surface area (TPSA) is 158 Å². The molecule has 0 amide bonds. The van der Waals surface area contributed by atoms with Gasteiger partial charge in [-0.25, -0.2) is 0 Å². The van der Waals surface area contributed by atoms with Crippen LogP contribution in [-0.4, -0.2) is 61.5 Å². The molecule has 3 unspecified atom stereocenters. The fourth-order valence-corrected chi connectivity index (χ4v) is 3.02. The van der Waals surface area contributed by atoms with Crippen LogP contribution in [0.5, 0.6) is 0 Å². The molecule has 0 aliphatic rings. The first-order valence-corrected chi connectivity index (χ1v) is 9.67. The van der Waals surface area contributed by atoms with Crippen LogP contribution in [0.15, 0.2) is 48.6 Å². The Labute approximate surface area is 168 Å². The summed E-state index contributed by atoms with van der Waals surface area (Å²) >= 11 is 1.19. The van der Waals surface area contributed by atoms with Crippen LogP contribution in [-0.2, 0) is 14.4 Å². The number of carboxylic acid groups (broad SMARTS) is 3. The summed E-state index contributed by atoms with van der Waals surface area (Å²) in [4.78, 5) is 31.7. The Morgan fingerprint density at radius 2 is 1.54 bits per heavy atom. The Balaban J connectivity index is 4.68. The standard InChI is InChI=1S/C19H27NO7S/c20-14(19(26)27)13-28-16(15(21)9-8-12-18(24)25)10-6-4-2-1-3-5-7-11-17(22)23/h1-7,10,14-16,21H,8-9,11-13,20H2,(H,22,23)(H,24,25)(H,26,27). The van der Waals surface area contributed by atoms with Crippen molar-refractivity contribution < 1.29 is 34.8 Å². The van der Waals surface area contributed by atoms with Crippen molar-refractivity contribution in [3.63, 3.8) is 0 Å². The number of carbonyl (C=O) groups is 3. The Morgan fingerprint density at radius 1 is 0.929 bits per heavy atom. The largest absolute Gasteiger partial charge is 0.481 e. The monoisotopic (exact) mass is 413 g/mol. The second kappa shape index (κ2) is 15.7. The molecule has 8 nitrogen and oxygen atoms in total. The molecule has 6 N–H and O–H groups in total. The van der Waals surface area contributed by atoms with Gasteiger partial charge in [0, 0.05) is 17.4 Å². The van der Waals surface area contributed by atoms with E-state index in [9.17, 15) is 19.5 Å². The summed E-state index contributed by atoms with van der Waals surface area (Å²) in [7, 11) is 0. The predicted octanol–water partition coefficient (Wildman–Crippen LogP) is 1.82. The van der Waals surface area contributed by atoms with E-state index in [0.717, 1.165) is 0 Å². The number of hydrogen-bond donors (Lipinski definition) is 5. The van der Waals surface area contributed by atoms with E-state index < -0.39 is 35.3 Å². The molecule has 156 valence electrons. The summed E-state index contributed by atoms with van der Waals surface area (Å²) in [6, 6.07) is -1.05. The second-order valence-electron chi connectivity index (χ2n) is 5.78. The van der Waals surface area contributed by atoms with Crippen molar-refractivity contribution in [2.75, 3.05) is 5.75 Å². The van der Waals surface area contributed by atoms with Crippen molar-refractivity contribution in [2.24, 2.45) is 5.73 Å². The summed E-state index contributed by atoms with van der Waals surface area (Å²) in [5.41, 5.74) is 5.49. The lowest BCUT2D eigenvalue weighted by Crippen LogP contribution is -2.34. The molecule has 0 aromatic carbocycles. The molecule has 0 saturated carbocycles. The Bertz CT molecular complexity index is 613. The number of hydrogen-bond acceptors (Lipinski definition) is 6. The molecule has 28 heavy (non-hydrogen) atoms. The van der Waals surface area contributed by atoms with Crippen molar-refractivity contribution >= 4 is 29.7 Å². The van der Waals surface area contributed by atoms with Crippen LogP contribution in [0.25, 0.3) is 0 Å². The number of aliphatic hydroxyl groups excluding tert-OH is 1. The van der Waals surface area contributed by atoms with Crippen LogP contribution in [0.3, 0.4) is 0 Å². The van der Waals surface area contributed by atoms with Gasteiger partial charge in [0.05, 0.1) is 12.5 Å². The van der Waals surface area contributed by atoms with E-state index in [4.69, 9.17) is 21.1 Å². The fraction of sp³-hybridized carbons (Fsp3) is 0.421. The first kappa shape index (κ1) is 25.6. The number of rotatable bonds is 15. The van der Waals surface area contributed by atoms with Gasteiger partial charge in [0.25, 0.3) is 0 Å². The van der Waals surface area contributed by atoms with E-state index in [1.54, 1.807) is 42.5 Å². The van der Waals surface area contributed by atoms with Crippen molar-refractivity contribution in [3.8, 4) is 0 Å². The lowest BCUT2D eigenvalue weighted by atomic mass is 10.1. The van der Waals surface area contributed by atoms with Gasteiger partial charge in [0.2, 0.25) is 0 Å². The number of aliphatic hydroxyl groups is 1. The summed E-state index contributed by atoms with van der Waals surface area (Å²) in [6.07, 6.45) is 13.0. The van der Waals surface area contributed by atoms with E-state index in [1.807, 2.05) is 0 Å². The van der Waals surface area contributed by atoms with Crippen LogP contribution in [0.2, 0.25) is 0 Å². The van der Waals surface area contributed by atoms with Gasteiger partial charge in [-0.3, -0.25) is 14.4 Å². The maximum absolute atomic E-state index is 10.8. The van der Waals surface area contributed by atoms with Gasteiger partial charge in [-0.2, -0.15) is 0 Å². The number of allylic oxidation sites excluding steroid dienone is 6.